The summed E-state index contributed by atoms with van der Waals surface area (Å²) < 4.78 is 6.48. The van der Waals surface area contributed by atoms with Crippen molar-refractivity contribution in [1.82, 2.24) is 0 Å². The molecule has 0 aliphatic rings. The first-order valence-electron chi connectivity index (χ1n) is 8.95. The van der Waals surface area contributed by atoms with Gasteiger partial charge in [-0.2, -0.15) is 0 Å². The fraction of sp³-hybridized carbons (Fsp3) is 0.455. The quantitative estimate of drug-likeness (QED) is 0.738. The summed E-state index contributed by atoms with van der Waals surface area (Å²) >= 11 is 0. The molecule has 1 N–H and O–H groups in total. The summed E-state index contributed by atoms with van der Waals surface area (Å²) in [5, 5.41) is 12.1. The van der Waals surface area contributed by atoms with Crippen LogP contribution in [0.2, 0.25) is 13.1 Å². The van der Waals surface area contributed by atoms with Crippen molar-refractivity contribution in [3.05, 3.63) is 53.6 Å². The van der Waals surface area contributed by atoms with Crippen LogP contribution in [0.3, 0.4) is 0 Å². The van der Waals surface area contributed by atoms with Gasteiger partial charge >= 0.3 is 0 Å². The predicted molar refractivity (Wildman–Crippen MR) is 110 cm³/mol. The van der Waals surface area contributed by atoms with Crippen molar-refractivity contribution in [2.24, 2.45) is 0 Å². The summed E-state index contributed by atoms with van der Waals surface area (Å²) in [6.45, 7) is 17.3. The normalized spacial score (nSPS) is 13.0. The Labute approximate surface area is 154 Å². The largest absolute Gasteiger partial charge is 0.537 e. The van der Waals surface area contributed by atoms with Crippen LogP contribution in [0.15, 0.2) is 42.5 Å². The number of benzene rings is 2. The van der Waals surface area contributed by atoms with E-state index in [1.165, 1.54) is 10.8 Å². The standard InChI is InChI=1S/C22H32O2Si/c1-21(2,3)16-14-18(22(4,5)6)20(23)19(15-16)24-25(7,8)17-12-10-9-11-13-17/h9-15,23H,1-8H3. The van der Waals surface area contributed by atoms with Gasteiger partial charge < -0.3 is 9.53 Å². The molecule has 0 fully saturated rings. The number of hydrogen-bond donors (Lipinski definition) is 1. The average molecular weight is 357 g/mol. The third-order valence-corrected chi connectivity index (χ3v) is 7.04. The van der Waals surface area contributed by atoms with E-state index in [0.717, 1.165) is 5.56 Å². The molecule has 0 saturated carbocycles. The van der Waals surface area contributed by atoms with Crippen LogP contribution in [0, 0.1) is 0 Å². The smallest absolute Gasteiger partial charge is 0.277 e. The molecule has 0 radical (unpaired) electrons. The molecular formula is C22H32O2Si. The van der Waals surface area contributed by atoms with Gasteiger partial charge in [-0.1, -0.05) is 77.9 Å². The zero-order valence-electron chi connectivity index (χ0n) is 16.9. The van der Waals surface area contributed by atoms with E-state index in [4.69, 9.17) is 4.43 Å². The fourth-order valence-electron chi connectivity index (χ4n) is 2.86. The highest BCUT2D eigenvalue weighted by molar-refractivity contribution is 6.85. The molecule has 3 heteroatoms. The second-order valence-electron chi connectivity index (χ2n) is 9.35. The molecule has 25 heavy (non-hydrogen) atoms. The van der Waals surface area contributed by atoms with Crippen molar-refractivity contribution in [2.45, 2.75) is 65.5 Å². The van der Waals surface area contributed by atoms with Gasteiger partial charge in [0.2, 0.25) is 0 Å². The van der Waals surface area contributed by atoms with E-state index in [1.54, 1.807) is 0 Å². The lowest BCUT2D eigenvalue weighted by atomic mass is 9.80. The van der Waals surface area contributed by atoms with E-state index >= 15 is 0 Å². The first-order valence-corrected chi connectivity index (χ1v) is 11.9. The lowest BCUT2D eigenvalue weighted by Crippen LogP contribution is -2.47. The Morgan fingerprint density at radius 2 is 1.40 bits per heavy atom. The monoisotopic (exact) mass is 356 g/mol. The highest BCUT2D eigenvalue weighted by Gasteiger charge is 2.31. The number of phenols is 1. The minimum absolute atomic E-state index is 0.00967. The van der Waals surface area contributed by atoms with Gasteiger partial charge in [0, 0.05) is 5.56 Å². The Hall–Kier alpha value is -1.74. The fourth-order valence-corrected chi connectivity index (χ4v) is 4.68. The molecule has 2 aromatic carbocycles. The van der Waals surface area contributed by atoms with Crippen LogP contribution in [-0.2, 0) is 10.8 Å². The molecule has 0 spiro atoms. The minimum Gasteiger partial charge on any atom is -0.537 e. The van der Waals surface area contributed by atoms with Crippen LogP contribution >= 0.6 is 0 Å². The second-order valence-corrected chi connectivity index (χ2v) is 13.2. The zero-order chi connectivity index (χ0) is 19.0. The Morgan fingerprint density at radius 3 is 1.88 bits per heavy atom. The highest BCUT2D eigenvalue weighted by Crippen LogP contribution is 2.42. The molecule has 0 amide bonds. The molecule has 0 heterocycles. The van der Waals surface area contributed by atoms with Gasteiger partial charge in [-0.15, -0.1) is 0 Å². The molecule has 2 aromatic rings. The summed E-state index contributed by atoms with van der Waals surface area (Å²) in [5.41, 5.74) is 1.96. The van der Waals surface area contributed by atoms with Gasteiger partial charge in [0.1, 0.15) is 5.75 Å². The first kappa shape index (κ1) is 19.6. The van der Waals surface area contributed by atoms with Crippen molar-refractivity contribution in [1.29, 1.82) is 0 Å². The Morgan fingerprint density at radius 1 is 0.840 bits per heavy atom. The van der Waals surface area contributed by atoms with Crippen molar-refractivity contribution in [3.8, 4) is 11.5 Å². The minimum atomic E-state index is -2.18. The van der Waals surface area contributed by atoms with Crippen molar-refractivity contribution < 1.29 is 9.53 Å². The molecule has 0 atom stereocenters. The van der Waals surface area contributed by atoms with Crippen LogP contribution in [0.4, 0.5) is 0 Å². The maximum Gasteiger partial charge on any atom is 0.277 e. The van der Waals surface area contributed by atoms with Crippen LogP contribution in [-0.4, -0.2) is 13.4 Å². The zero-order valence-corrected chi connectivity index (χ0v) is 17.9. The molecular weight excluding hydrogens is 324 g/mol. The van der Waals surface area contributed by atoms with E-state index < -0.39 is 8.32 Å². The topological polar surface area (TPSA) is 29.5 Å². The van der Waals surface area contributed by atoms with E-state index in [-0.39, 0.29) is 16.6 Å². The van der Waals surface area contributed by atoms with E-state index in [2.05, 4.69) is 72.8 Å². The van der Waals surface area contributed by atoms with Crippen LogP contribution < -0.4 is 9.61 Å². The maximum absolute atomic E-state index is 10.9. The Bertz CT molecular complexity index is 735. The average Bonchev–Trinajstić information content (AvgIpc) is 2.47. The molecule has 0 unspecified atom stereocenters. The third kappa shape index (κ3) is 4.46. The van der Waals surface area contributed by atoms with Gasteiger partial charge in [0.15, 0.2) is 5.75 Å². The molecule has 2 rings (SSSR count). The molecule has 136 valence electrons. The molecule has 0 aliphatic carbocycles. The van der Waals surface area contributed by atoms with Gasteiger partial charge in [-0.3, -0.25) is 0 Å². The van der Waals surface area contributed by atoms with Crippen molar-refractivity contribution >= 4 is 13.5 Å². The van der Waals surface area contributed by atoms with Crippen LogP contribution in [0.5, 0.6) is 11.5 Å². The van der Waals surface area contributed by atoms with Crippen molar-refractivity contribution in [2.75, 3.05) is 0 Å². The maximum atomic E-state index is 10.9. The molecule has 0 aromatic heterocycles. The van der Waals surface area contributed by atoms with Crippen LogP contribution in [0.1, 0.15) is 52.7 Å². The van der Waals surface area contributed by atoms with E-state index in [0.29, 0.717) is 5.75 Å². The van der Waals surface area contributed by atoms with E-state index in [9.17, 15) is 5.11 Å². The predicted octanol–water partition coefficient (Wildman–Crippen LogP) is 5.48. The van der Waals surface area contributed by atoms with Crippen molar-refractivity contribution in [3.63, 3.8) is 0 Å². The lowest BCUT2D eigenvalue weighted by molar-refractivity contribution is 0.413. The Kier molecular flexibility index (Phi) is 5.11. The number of rotatable bonds is 3. The van der Waals surface area contributed by atoms with Gasteiger partial charge in [0.05, 0.1) is 0 Å². The van der Waals surface area contributed by atoms with Gasteiger partial charge in [0.25, 0.3) is 8.32 Å². The summed E-state index contributed by atoms with van der Waals surface area (Å²) in [7, 11) is -2.18. The summed E-state index contributed by atoms with van der Waals surface area (Å²) in [4.78, 5) is 0. The lowest BCUT2D eigenvalue weighted by Gasteiger charge is -2.30. The van der Waals surface area contributed by atoms with Gasteiger partial charge in [-0.25, -0.2) is 0 Å². The molecule has 0 aliphatic heterocycles. The van der Waals surface area contributed by atoms with E-state index in [1.807, 2.05) is 24.3 Å². The molecule has 2 nitrogen and oxygen atoms in total. The number of aromatic hydroxyl groups is 1. The van der Waals surface area contributed by atoms with Crippen LogP contribution in [0.25, 0.3) is 0 Å². The molecule has 0 saturated heterocycles. The summed E-state index contributed by atoms with van der Waals surface area (Å²) in [6.07, 6.45) is 0. The Balaban J connectivity index is 2.57. The summed E-state index contributed by atoms with van der Waals surface area (Å²) in [6, 6.07) is 14.5. The number of hydrogen-bond acceptors (Lipinski definition) is 2. The summed E-state index contributed by atoms with van der Waals surface area (Å²) in [5.74, 6) is 0.884. The third-order valence-electron chi connectivity index (χ3n) is 4.58. The SMILES string of the molecule is CC(C)(C)c1cc(O[Si](C)(C)c2ccccc2)c(O)c(C(C)(C)C)c1. The first-order chi connectivity index (χ1) is 11.3. The highest BCUT2D eigenvalue weighted by atomic mass is 28.4. The number of phenolic OH excluding ortho intramolecular Hbond substituents is 1. The second kappa shape index (κ2) is 6.53. The van der Waals surface area contributed by atoms with Gasteiger partial charge in [-0.05, 0) is 40.7 Å². The molecule has 0 bridgehead atoms.